The van der Waals surface area contributed by atoms with Crippen LogP contribution in [-0.2, 0) is 15.7 Å². The molecule has 0 unspecified atom stereocenters. The van der Waals surface area contributed by atoms with Gasteiger partial charge < -0.3 is 4.74 Å². The Morgan fingerprint density at radius 1 is 1.44 bits per heavy atom. The molecule has 3 nitrogen and oxygen atoms in total. The molecule has 1 aromatic rings. The number of hydrogen-bond acceptors (Lipinski definition) is 3. The van der Waals surface area contributed by atoms with Gasteiger partial charge in [0, 0.05) is 12.4 Å². The van der Waals surface area contributed by atoms with Crippen LogP contribution < -0.4 is 0 Å². The maximum Gasteiger partial charge on any atom is 0.417 e. The van der Waals surface area contributed by atoms with E-state index in [0.29, 0.717) is 0 Å². The Balaban J connectivity index is 2.68. The van der Waals surface area contributed by atoms with Gasteiger partial charge in [-0.15, -0.1) is 0 Å². The van der Waals surface area contributed by atoms with Gasteiger partial charge in [0.2, 0.25) is 0 Å². The lowest BCUT2D eigenvalue weighted by molar-refractivity contribution is -0.142. The van der Waals surface area contributed by atoms with Crippen molar-refractivity contribution in [1.82, 2.24) is 4.98 Å². The highest BCUT2D eigenvalue weighted by Gasteiger charge is 2.30. The molecular formula is C12H12F3NO2. The number of rotatable bonds is 4. The van der Waals surface area contributed by atoms with Gasteiger partial charge >= 0.3 is 12.1 Å². The van der Waals surface area contributed by atoms with Gasteiger partial charge in [-0.05, 0) is 18.6 Å². The predicted molar refractivity (Wildman–Crippen MR) is 59.5 cm³/mol. The van der Waals surface area contributed by atoms with Crippen molar-refractivity contribution in [1.29, 1.82) is 0 Å². The molecule has 0 saturated carbocycles. The van der Waals surface area contributed by atoms with Gasteiger partial charge in [0.1, 0.15) is 0 Å². The van der Waals surface area contributed by atoms with Crippen molar-refractivity contribution < 1.29 is 22.7 Å². The maximum absolute atomic E-state index is 12.4. The number of hydrogen-bond donors (Lipinski definition) is 0. The second-order valence-electron chi connectivity index (χ2n) is 3.42. The number of aromatic nitrogens is 1. The fourth-order valence-electron chi connectivity index (χ4n) is 1.22. The van der Waals surface area contributed by atoms with Gasteiger partial charge in [0.05, 0.1) is 18.6 Å². The summed E-state index contributed by atoms with van der Waals surface area (Å²) >= 11 is 0. The van der Waals surface area contributed by atoms with Crippen molar-refractivity contribution in [3.8, 4) is 0 Å². The zero-order chi connectivity index (χ0) is 13.6. The number of esters is 1. The Bertz CT molecular complexity index is 441. The normalized spacial score (nSPS) is 11.8. The quantitative estimate of drug-likeness (QED) is 0.780. The zero-order valence-corrected chi connectivity index (χ0v) is 9.70. The summed E-state index contributed by atoms with van der Waals surface area (Å²) in [5.41, 5.74) is -0.532. The molecule has 0 saturated heterocycles. The van der Waals surface area contributed by atoms with Crippen molar-refractivity contribution in [2.45, 2.75) is 19.5 Å². The summed E-state index contributed by atoms with van der Waals surface area (Å²) in [5.74, 6) is -0.423. The lowest BCUT2D eigenvalue weighted by Crippen LogP contribution is -2.05. The molecule has 6 heteroatoms. The highest BCUT2D eigenvalue weighted by atomic mass is 19.4. The van der Waals surface area contributed by atoms with E-state index in [1.54, 1.807) is 6.92 Å². The number of carbonyl (C=O) groups is 1. The summed E-state index contributed by atoms with van der Waals surface area (Å²) in [6, 6.07) is 0.967. The van der Waals surface area contributed by atoms with Crippen molar-refractivity contribution >= 4 is 12.0 Å². The molecule has 1 heterocycles. The molecule has 0 N–H and O–H groups in total. The molecule has 0 spiro atoms. The highest BCUT2D eigenvalue weighted by Crippen LogP contribution is 2.29. The summed E-state index contributed by atoms with van der Waals surface area (Å²) < 4.78 is 41.8. The molecule has 0 atom stereocenters. The zero-order valence-electron chi connectivity index (χ0n) is 9.70. The van der Waals surface area contributed by atoms with E-state index in [1.807, 2.05) is 0 Å². The van der Waals surface area contributed by atoms with E-state index in [4.69, 9.17) is 0 Å². The minimum Gasteiger partial charge on any atom is -0.466 e. The first-order valence-electron chi connectivity index (χ1n) is 5.28. The van der Waals surface area contributed by atoms with Gasteiger partial charge in [-0.3, -0.25) is 9.78 Å². The SMILES string of the molecule is CCOC(=O)CC=Cc1cncc(C(F)(F)F)c1. The Kier molecular flexibility index (Phi) is 4.88. The van der Waals surface area contributed by atoms with Crippen LogP contribution in [0.15, 0.2) is 24.5 Å². The molecule has 0 radical (unpaired) electrons. The van der Waals surface area contributed by atoms with Crippen molar-refractivity contribution in [2.75, 3.05) is 6.61 Å². The summed E-state index contributed by atoms with van der Waals surface area (Å²) in [7, 11) is 0. The van der Waals surface area contributed by atoms with Gasteiger partial charge in [-0.2, -0.15) is 13.2 Å². The monoisotopic (exact) mass is 259 g/mol. The Morgan fingerprint density at radius 2 is 2.17 bits per heavy atom. The van der Waals surface area contributed by atoms with Crippen LogP contribution in [0, 0.1) is 0 Å². The molecular weight excluding hydrogens is 247 g/mol. The van der Waals surface area contributed by atoms with E-state index in [-0.39, 0.29) is 18.6 Å². The van der Waals surface area contributed by atoms with Crippen molar-refractivity contribution in [2.24, 2.45) is 0 Å². The van der Waals surface area contributed by atoms with E-state index in [2.05, 4.69) is 9.72 Å². The Morgan fingerprint density at radius 3 is 2.78 bits per heavy atom. The Hall–Kier alpha value is -1.85. The van der Waals surface area contributed by atoms with Gasteiger partial charge in [-0.25, -0.2) is 0 Å². The molecule has 0 amide bonds. The van der Waals surface area contributed by atoms with Gasteiger partial charge in [-0.1, -0.05) is 12.2 Å². The molecule has 0 aliphatic heterocycles. The molecule has 98 valence electrons. The standard InChI is InChI=1S/C12H12F3NO2/c1-2-18-11(17)5-3-4-9-6-10(8-16-7-9)12(13,14)15/h3-4,6-8H,2,5H2,1H3. The van der Waals surface area contributed by atoms with E-state index in [1.165, 1.54) is 18.3 Å². The minimum atomic E-state index is -4.42. The molecule has 1 rings (SSSR count). The predicted octanol–water partition coefficient (Wildman–Crippen LogP) is 3.07. The topological polar surface area (TPSA) is 39.2 Å². The first-order valence-corrected chi connectivity index (χ1v) is 5.28. The lowest BCUT2D eigenvalue weighted by atomic mass is 10.2. The average molecular weight is 259 g/mol. The number of nitrogens with zero attached hydrogens (tertiary/aromatic N) is 1. The number of pyridine rings is 1. The third-order valence-corrected chi connectivity index (χ3v) is 1.99. The number of ether oxygens (including phenoxy) is 1. The first kappa shape index (κ1) is 14.2. The second-order valence-corrected chi connectivity index (χ2v) is 3.42. The number of carbonyl (C=O) groups excluding carboxylic acids is 1. The van der Waals surface area contributed by atoms with Crippen molar-refractivity contribution in [3.63, 3.8) is 0 Å². The fraction of sp³-hybridized carbons (Fsp3) is 0.333. The van der Waals surface area contributed by atoms with Crippen LogP contribution >= 0.6 is 0 Å². The molecule has 18 heavy (non-hydrogen) atoms. The molecule has 0 aliphatic rings. The fourth-order valence-corrected chi connectivity index (χ4v) is 1.22. The molecule has 0 aromatic carbocycles. The van der Waals surface area contributed by atoms with Crippen LogP contribution in [0.25, 0.3) is 6.08 Å². The number of halogens is 3. The third-order valence-electron chi connectivity index (χ3n) is 1.99. The third kappa shape index (κ3) is 4.57. The van der Waals surface area contributed by atoms with Crippen LogP contribution in [0.4, 0.5) is 13.2 Å². The highest BCUT2D eigenvalue weighted by molar-refractivity contribution is 5.72. The lowest BCUT2D eigenvalue weighted by Gasteiger charge is -2.05. The molecule has 0 fully saturated rings. The van der Waals surface area contributed by atoms with E-state index in [9.17, 15) is 18.0 Å². The minimum absolute atomic E-state index is 0.0179. The second kappa shape index (κ2) is 6.18. The number of alkyl halides is 3. The van der Waals surface area contributed by atoms with E-state index < -0.39 is 17.7 Å². The smallest absolute Gasteiger partial charge is 0.417 e. The summed E-state index contributed by atoms with van der Waals surface area (Å²) in [6.45, 7) is 1.95. The van der Waals surface area contributed by atoms with E-state index in [0.717, 1.165) is 12.3 Å². The van der Waals surface area contributed by atoms with Crippen LogP contribution in [-0.4, -0.2) is 17.6 Å². The van der Waals surface area contributed by atoms with Crippen LogP contribution in [0.2, 0.25) is 0 Å². The van der Waals surface area contributed by atoms with Crippen LogP contribution in [0.1, 0.15) is 24.5 Å². The summed E-state index contributed by atoms with van der Waals surface area (Å²) in [4.78, 5) is 14.5. The van der Waals surface area contributed by atoms with Crippen LogP contribution in [0.5, 0.6) is 0 Å². The van der Waals surface area contributed by atoms with Crippen molar-refractivity contribution in [3.05, 3.63) is 35.7 Å². The maximum atomic E-state index is 12.4. The van der Waals surface area contributed by atoms with Gasteiger partial charge in [0.15, 0.2) is 0 Å². The van der Waals surface area contributed by atoms with Crippen LogP contribution in [0.3, 0.4) is 0 Å². The Labute approximate surface area is 102 Å². The van der Waals surface area contributed by atoms with Gasteiger partial charge in [0.25, 0.3) is 0 Å². The summed E-state index contributed by atoms with van der Waals surface area (Å²) in [5, 5.41) is 0. The molecule has 1 aromatic heterocycles. The molecule has 0 bridgehead atoms. The van der Waals surface area contributed by atoms with E-state index >= 15 is 0 Å². The largest absolute Gasteiger partial charge is 0.466 e. The first-order chi connectivity index (χ1) is 8.43. The average Bonchev–Trinajstić information content (AvgIpc) is 2.29. The molecule has 0 aliphatic carbocycles. The summed E-state index contributed by atoms with van der Waals surface area (Å²) in [6.07, 6.45) is 0.482.